The molecule has 0 spiro atoms. The Balaban J connectivity index is 1.85. The van der Waals surface area contributed by atoms with Gasteiger partial charge in [-0.25, -0.2) is 4.99 Å². The Morgan fingerprint density at radius 2 is 2.18 bits per heavy atom. The second-order valence-electron chi connectivity index (χ2n) is 4.94. The first-order chi connectivity index (χ1) is 14.6. The summed E-state index contributed by atoms with van der Waals surface area (Å²) in [6.45, 7) is -11.4. The number of hydrogen-bond acceptors (Lipinski definition) is 5. The van der Waals surface area contributed by atoms with E-state index in [2.05, 4.69) is 10.3 Å². The molecule has 0 unspecified atom stereocenters. The zero-order valence-electron chi connectivity index (χ0n) is 21.6. The summed E-state index contributed by atoms with van der Waals surface area (Å²) in [4.78, 5) is 6.36. The fourth-order valence-electron chi connectivity index (χ4n) is 2.44. The fraction of sp³-hybridized carbons (Fsp3) is 0.353. The minimum Gasteiger partial charge on any atom is -0.353 e. The second-order valence-corrected chi connectivity index (χ2v) is 5.99. The number of hydrogen-bond donors (Lipinski definition) is 1. The summed E-state index contributed by atoms with van der Waals surface area (Å²) < 4.78 is 79.5. The number of benzene rings is 1. The Morgan fingerprint density at radius 3 is 3.00 bits per heavy atom. The Morgan fingerprint density at radius 1 is 1.32 bits per heavy atom. The molecular formula is C17H20N4S. The van der Waals surface area contributed by atoms with E-state index in [-0.39, 0.29) is 15.6 Å². The predicted molar refractivity (Wildman–Crippen MR) is 94.0 cm³/mol. The highest BCUT2D eigenvalue weighted by atomic mass is 32.1. The van der Waals surface area contributed by atoms with Gasteiger partial charge in [-0.3, -0.25) is 0 Å². The lowest BCUT2D eigenvalue weighted by Gasteiger charge is -2.34. The van der Waals surface area contributed by atoms with E-state index in [9.17, 15) is 0 Å². The van der Waals surface area contributed by atoms with E-state index >= 15 is 0 Å². The quantitative estimate of drug-likeness (QED) is 0.806. The molecule has 3 heterocycles. The van der Waals surface area contributed by atoms with Crippen molar-refractivity contribution in [1.82, 2.24) is 9.80 Å². The van der Waals surface area contributed by atoms with Crippen LogP contribution in [0.4, 0.5) is 16.4 Å². The summed E-state index contributed by atoms with van der Waals surface area (Å²) in [5.74, 6) is 0.183. The predicted octanol–water partition coefficient (Wildman–Crippen LogP) is 3.44. The molecule has 1 aromatic carbocycles. The Kier molecular flexibility index (Phi) is 1.65. The van der Waals surface area contributed by atoms with Gasteiger partial charge >= 0.3 is 0 Å². The molecular weight excluding hydrogens is 292 g/mol. The number of aryl methyl sites for hydroxylation is 1. The van der Waals surface area contributed by atoms with Gasteiger partial charge in [-0.2, -0.15) is 0 Å². The second kappa shape index (κ2) is 5.41. The smallest absolute Gasteiger partial charge is 0.139 e. The van der Waals surface area contributed by atoms with E-state index in [0.717, 1.165) is 11.3 Å². The summed E-state index contributed by atoms with van der Waals surface area (Å²) >= 11 is 1.02. The van der Waals surface area contributed by atoms with Crippen LogP contribution in [0.15, 0.2) is 35.3 Å². The SMILES string of the molecule is [2H]C([2H])([2H])c1cc2c(s1)Nc1ccccc1N=C2N1CC([2H])([2H])N(C([2H])([2H])[2H])C([2H])([2H])C1. The van der Waals surface area contributed by atoms with Crippen LogP contribution < -0.4 is 5.32 Å². The summed E-state index contributed by atoms with van der Waals surface area (Å²) in [7, 11) is 0. The van der Waals surface area contributed by atoms with Crippen molar-refractivity contribution in [2.45, 2.75) is 6.85 Å². The molecule has 0 amide bonds. The van der Waals surface area contributed by atoms with Crippen molar-refractivity contribution in [2.75, 3.05) is 38.4 Å². The average Bonchev–Trinajstić information content (AvgIpc) is 2.94. The van der Waals surface area contributed by atoms with Crippen molar-refractivity contribution in [1.29, 1.82) is 0 Å². The maximum absolute atomic E-state index is 8.32. The minimum absolute atomic E-state index is 0.106. The van der Waals surface area contributed by atoms with Crippen LogP contribution in [0, 0.1) is 6.85 Å². The van der Waals surface area contributed by atoms with E-state index in [1.807, 2.05) is 0 Å². The van der Waals surface area contributed by atoms with Gasteiger partial charge in [-0.15, -0.1) is 11.3 Å². The number of anilines is 2. The number of thiophene rings is 1. The topological polar surface area (TPSA) is 30.9 Å². The van der Waals surface area contributed by atoms with Crippen molar-refractivity contribution in [3.63, 3.8) is 0 Å². The number of para-hydroxylation sites is 2. The molecule has 22 heavy (non-hydrogen) atoms. The molecule has 5 heteroatoms. The van der Waals surface area contributed by atoms with Crippen molar-refractivity contribution in [3.8, 4) is 0 Å². The highest BCUT2D eigenvalue weighted by Gasteiger charge is 2.25. The van der Waals surface area contributed by atoms with Gasteiger partial charge in [0.05, 0.1) is 16.9 Å². The first kappa shape index (κ1) is 6.72. The van der Waals surface area contributed by atoms with Gasteiger partial charge in [0.2, 0.25) is 0 Å². The van der Waals surface area contributed by atoms with Gasteiger partial charge in [0.25, 0.3) is 0 Å². The highest BCUT2D eigenvalue weighted by Crippen LogP contribution is 2.39. The van der Waals surface area contributed by atoms with Crippen LogP contribution >= 0.6 is 11.3 Å². The zero-order valence-corrected chi connectivity index (χ0v) is 12.4. The molecule has 2 aliphatic rings. The Bertz CT molecular complexity index is 1050. The number of piperazine rings is 1. The molecule has 1 fully saturated rings. The molecule has 0 radical (unpaired) electrons. The Labute approximate surface area is 149 Å². The lowest BCUT2D eigenvalue weighted by Crippen LogP contribution is -2.47. The molecule has 114 valence electrons. The van der Waals surface area contributed by atoms with Crippen LogP contribution in [0.25, 0.3) is 0 Å². The first-order valence-corrected chi connectivity index (χ1v) is 7.56. The third-order valence-electron chi connectivity index (χ3n) is 3.49. The van der Waals surface area contributed by atoms with Crippen LogP contribution in [-0.2, 0) is 0 Å². The third kappa shape index (κ3) is 2.40. The van der Waals surface area contributed by atoms with Gasteiger partial charge in [-0.05, 0) is 32.0 Å². The summed E-state index contributed by atoms with van der Waals surface area (Å²) in [6.07, 6.45) is 0. The van der Waals surface area contributed by atoms with E-state index in [0.29, 0.717) is 21.9 Å². The average molecular weight is 323 g/mol. The summed E-state index contributed by atoms with van der Waals surface area (Å²) in [6, 6.07) is 8.50. The highest BCUT2D eigenvalue weighted by molar-refractivity contribution is 7.16. The van der Waals surface area contributed by atoms with Crippen molar-refractivity contribution in [3.05, 3.63) is 40.8 Å². The zero-order chi connectivity index (χ0) is 23.7. The molecule has 0 aliphatic carbocycles. The molecule has 2 aliphatic heterocycles. The van der Waals surface area contributed by atoms with Crippen LogP contribution in [-0.4, -0.2) is 48.7 Å². The van der Waals surface area contributed by atoms with Crippen LogP contribution in [0.1, 0.15) is 24.1 Å². The number of amidine groups is 1. The van der Waals surface area contributed by atoms with Crippen LogP contribution in [0.2, 0.25) is 0 Å². The molecule has 1 saturated heterocycles. The normalized spacial score (nSPS) is 30.5. The van der Waals surface area contributed by atoms with Crippen molar-refractivity contribution >= 4 is 33.5 Å². The molecule has 0 atom stereocenters. The monoisotopic (exact) mass is 322 g/mol. The molecule has 0 bridgehead atoms. The number of fused-ring (bicyclic) bond motifs is 2. The molecule has 4 nitrogen and oxygen atoms in total. The molecule has 0 saturated carbocycles. The van der Waals surface area contributed by atoms with E-state index in [1.165, 1.54) is 11.0 Å². The van der Waals surface area contributed by atoms with Gasteiger partial charge < -0.3 is 15.1 Å². The van der Waals surface area contributed by atoms with Gasteiger partial charge in [0.15, 0.2) is 0 Å². The Hall–Kier alpha value is -1.85. The van der Waals surface area contributed by atoms with Gasteiger partial charge in [0.1, 0.15) is 10.8 Å². The number of nitrogens with one attached hydrogen (secondary N) is 1. The van der Waals surface area contributed by atoms with E-state index in [4.69, 9.17) is 13.7 Å². The molecule has 2 aromatic rings. The maximum Gasteiger partial charge on any atom is 0.139 e. The van der Waals surface area contributed by atoms with Crippen LogP contribution in [0.3, 0.4) is 0 Å². The number of rotatable bonds is 0. The third-order valence-corrected chi connectivity index (χ3v) is 4.35. The van der Waals surface area contributed by atoms with E-state index in [1.54, 1.807) is 24.3 Å². The standard InChI is InChI=1S/C17H20N4S/c1-12-11-13-16(21-9-7-20(2)8-10-21)18-14-5-3-4-6-15(14)19-17(13)22-12/h3-6,11,19H,7-10H2,1-2H3/i1D3,2D3,7D2,8D2. The maximum atomic E-state index is 8.32. The fourth-order valence-corrected chi connectivity index (χ4v) is 3.26. The summed E-state index contributed by atoms with van der Waals surface area (Å²) in [5, 5.41) is 3.66. The number of aliphatic imine (C=N–C) groups is 1. The van der Waals surface area contributed by atoms with Crippen LogP contribution in [0.5, 0.6) is 0 Å². The van der Waals surface area contributed by atoms with Crippen molar-refractivity contribution in [2.24, 2.45) is 4.99 Å². The first-order valence-electron chi connectivity index (χ1n) is 11.7. The lowest BCUT2D eigenvalue weighted by molar-refractivity contribution is 0.216. The molecule has 4 rings (SSSR count). The largest absolute Gasteiger partial charge is 0.353 e. The summed E-state index contributed by atoms with van der Waals surface area (Å²) in [5.41, 5.74) is 1.53. The lowest BCUT2D eigenvalue weighted by atomic mass is 10.2. The number of likely N-dealkylation sites (N-methyl/N-ethyl adjacent to an activating group) is 1. The van der Waals surface area contributed by atoms with Gasteiger partial charge in [0, 0.05) is 44.7 Å². The van der Waals surface area contributed by atoms with E-state index < -0.39 is 39.9 Å². The molecule has 1 aromatic heterocycles. The molecule has 1 N–H and O–H groups in total. The van der Waals surface area contributed by atoms with Gasteiger partial charge in [-0.1, -0.05) is 12.1 Å². The van der Waals surface area contributed by atoms with Crippen molar-refractivity contribution < 1.29 is 13.7 Å². The minimum atomic E-state index is -2.99. The number of nitrogens with zero attached hydrogens (tertiary/aromatic N) is 3.